The summed E-state index contributed by atoms with van der Waals surface area (Å²) >= 11 is 6.35. The summed E-state index contributed by atoms with van der Waals surface area (Å²) in [4.78, 5) is 27.2. The number of carbonyl (C=O) groups excluding carboxylic acids is 2. The van der Waals surface area contributed by atoms with Crippen LogP contribution in [0.15, 0.2) is 77.1 Å². The second kappa shape index (κ2) is 9.79. The van der Waals surface area contributed by atoms with E-state index in [9.17, 15) is 9.59 Å². The van der Waals surface area contributed by atoms with Gasteiger partial charge in [0.1, 0.15) is 6.10 Å². The summed E-state index contributed by atoms with van der Waals surface area (Å²) in [5.41, 5.74) is 4.87. The van der Waals surface area contributed by atoms with Crippen LogP contribution in [0.1, 0.15) is 74.8 Å². The predicted molar refractivity (Wildman–Crippen MR) is 133 cm³/mol. The minimum atomic E-state index is -0.477. The van der Waals surface area contributed by atoms with Crippen LogP contribution in [0.25, 0.3) is 0 Å². The van der Waals surface area contributed by atoms with Crippen molar-refractivity contribution in [3.8, 4) is 0 Å². The first kappa shape index (κ1) is 22.9. The first-order chi connectivity index (χ1) is 16.5. The molecule has 2 atom stereocenters. The molecule has 5 rings (SSSR count). The molecule has 0 unspecified atom stereocenters. The number of halogens is 1. The molecule has 1 N–H and O–H groups in total. The Morgan fingerprint density at radius 1 is 0.971 bits per heavy atom. The lowest BCUT2D eigenvalue weighted by Gasteiger charge is -2.37. The van der Waals surface area contributed by atoms with Crippen LogP contribution in [0, 0.1) is 0 Å². The Hall–Kier alpha value is -2.85. The van der Waals surface area contributed by atoms with E-state index in [-0.39, 0.29) is 23.8 Å². The van der Waals surface area contributed by atoms with E-state index in [0.29, 0.717) is 22.6 Å². The van der Waals surface area contributed by atoms with Gasteiger partial charge in [-0.2, -0.15) is 0 Å². The highest BCUT2D eigenvalue weighted by molar-refractivity contribution is 6.30. The molecule has 34 heavy (non-hydrogen) atoms. The third kappa shape index (κ3) is 4.56. The highest BCUT2D eigenvalue weighted by Gasteiger charge is 2.42. The van der Waals surface area contributed by atoms with Gasteiger partial charge >= 0.3 is 5.97 Å². The quantitative estimate of drug-likeness (QED) is 0.507. The van der Waals surface area contributed by atoms with Gasteiger partial charge in [-0.1, -0.05) is 60.5 Å². The molecular weight excluding hydrogens is 446 g/mol. The fourth-order valence-electron chi connectivity index (χ4n) is 5.69. The van der Waals surface area contributed by atoms with E-state index in [2.05, 4.69) is 17.4 Å². The van der Waals surface area contributed by atoms with Gasteiger partial charge in [-0.3, -0.25) is 4.79 Å². The molecule has 0 spiro atoms. The zero-order valence-corrected chi connectivity index (χ0v) is 20.2. The standard InChI is InChI=1S/C29H30ClNO3/c1-18-26(29(33)34-23-13-6-3-7-14-23)27(20-11-8-12-22(30)15-20)28-24(31-18)16-21(17-25(28)32)19-9-4-2-5-10-19/h2,4-5,8-12,15,21,23,27,31H,3,6-7,13-14,16-17H2,1H3/t21-,27-/m1/s1. The van der Waals surface area contributed by atoms with Crippen LogP contribution in [0.3, 0.4) is 0 Å². The van der Waals surface area contributed by atoms with E-state index in [4.69, 9.17) is 16.3 Å². The molecular formula is C29H30ClNO3. The Labute approximate surface area is 206 Å². The van der Waals surface area contributed by atoms with E-state index >= 15 is 0 Å². The fourth-order valence-corrected chi connectivity index (χ4v) is 5.89. The lowest BCUT2D eigenvalue weighted by molar-refractivity contribution is -0.146. The van der Waals surface area contributed by atoms with Gasteiger partial charge in [0, 0.05) is 34.3 Å². The minimum absolute atomic E-state index is 0.0542. The number of Topliss-reactive ketones (excluding diaryl/α,β-unsaturated/α-hetero) is 1. The summed E-state index contributed by atoms with van der Waals surface area (Å²) in [6.45, 7) is 1.91. The van der Waals surface area contributed by atoms with Crippen molar-refractivity contribution in [2.24, 2.45) is 0 Å². The van der Waals surface area contributed by atoms with Crippen LogP contribution in [-0.2, 0) is 14.3 Å². The van der Waals surface area contributed by atoms with Crippen molar-refractivity contribution in [3.05, 3.63) is 93.3 Å². The van der Waals surface area contributed by atoms with Crippen LogP contribution < -0.4 is 5.32 Å². The lowest BCUT2D eigenvalue weighted by atomic mass is 9.71. The van der Waals surface area contributed by atoms with Gasteiger partial charge in [0.05, 0.1) is 5.57 Å². The maximum atomic E-state index is 13.6. The molecule has 2 aliphatic carbocycles. The first-order valence-corrected chi connectivity index (χ1v) is 12.6. The molecule has 0 aromatic heterocycles. The fraction of sp³-hybridized carbons (Fsp3) is 0.379. The number of hydrogen-bond donors (Lipinski definition) is 1. The summed E-state index contributed by atoms with van der Waals surface area (Å²) in [7, 11) is 0. The van der Waals surface area contributed by atoms with Gasteiger partial charge in [0.2, 0.25) is 0 Å². The third-order valence-electron chi connectivity index (χ3n) is 7.33. The number of ether oxygens (including phenoxy) is 1. The van der Waals surface area contributed by atoms with Gasteiger partial charge in [-0.25, -0.2) is 4.79 Å². The molecule has 5 heteroatoms. The number of rotatable bonds is 4. The Kier molecular flexibility index (Phi) is 6.60. The van der Waals surface area contributed by atoms with Gasteiger partial charge in [-0.15, -0.1) is 0 Å². The summed E-state index contributed by atoms with van der Waals surface area (Å²) < 4.78 is 5.98. The monoisotopic (exact) mass is 475 g/mol. The first-order valence-electron chi connectivity index (χ1n) is 12.3. The number of benzene rings is 2. The lowest BCUT2D eigenvalue weighted by Crippen LogP contribution is -2.37. The number of allylic oxidation sites excluding steroid dienone is 3. The van der Waals surface area contributed by atoms with Crippen molar-refractivity contribution < 1.29 is 14.3 Å². The molecule has 3 aliphatic rings. The summed E-state index contributed by atoms with van der Waals surface area (Å²) in [6, 6.07) is 17.7. The average molecular weight is 476 g/mol. The second-order valence-corrected chi connectivity index (χ2v) is 10.1. The molecule has 0 amide bonds. The molecule has 0 saturated heterocycles. The summed E-state index contributed by atoms with van der Waals surface area (Å²) in [5, 5.41) is 4.02. The molecule has 0 radical (unpaired) electrons. The minimum Gasteiger partial charge on any atom is -0.459 e. The maximum Gasteiger partial charge on any atom is 0.337 e. The Morgan fingerprint density at radius 2 is 1.71 bits per heavy atom. The molecule has 0 bridgehead atoms. The Bertz CT molecular complexity index is 1160. The largest absolute Gasteiger partial charge is 0.459 e. The van der Waals surface area contributed by atoms with E-state index in [0.717, 1.165) is 54.6 Å². The molecule has 176 valence electrons. The molecule has 1 saturated carbocycles. The Morgan fingerprint density at radius 3 is 2.44 bits per heavy atom. The van der Waals surface area contributed by atoms with Gasteiger partial charge < -0.3 is 10.1 Å². The summed E-state index contributed by atoms with van der Waals surface area (Å²) in [6.07, 6.45) is 6.26. The number of dihydropyridines is 1. The maximum absolute atomic E-state index is 13.6. The number of esters is 1. The number of carbonyl (C=O) groups is 2. The second-order valence-electron chi connectivity index (χ2n) is 9.65. The van der Waals surface area contributed by atoms with Crippen molar-refractivity contribution in [1.29, 1.82) is 0 Å². The molecule has 1 heterocycles. The van der Waals surface area contributed by atoms with Crippen LogP contribution in [0.4, 0.5) is 0 Å². The van der Waals surface area contributed by atoms with E-state index in [1.54, 1.807) is 0 Å². The van der Waals surface area contributed by atoms with Gasteiger partial charge in [0.15, 0.2) is 5.78 Å². The average Bonchev–Trinajstić information content (AvgIpc) is 2.84. The topological polar surface area (TPSA) is 55.4 Å². The smallest absolute Gasteiger partial charge is 0.337 e. The Balaban J connectivity index is 1.53. The van der Waals surface area contributed by atoms with Crippen molar-refractivity contribution in [2.45, 2.75) is 69.8 Å². The highest BCUT2D eigenvalue weighted by Crippen LogP contribution is 2.46. The van der Waals surface area contributed by atoms with E-state index < -0.39 is 5.92 Å². The van der Waals surface area contributed by atoms with Crippen molar-refractivity contribution in [3.63, 3.8) is 0 Å². The molecule has 4 nitrogen and oxygen atoms in total. The van der Waals surface area contributed by atoms with E-state index in [1.165, 1.54) is 6.42 Å². The van der Waals surface area contributed by atoms with Crippen LogP contribution >= 0.6 is 11.6 Å². The van der Waals surface area contributed by atoms with Crippen LogP contribution in [-0.4, -0.2) is 17.9 Å². The number of nitrogens with one attached hydrogen (secondary N) is 1. The zero-order valence-electron chi connectivity index (χ0n) is 19.5. The number of hydrogen-bond acceptors (Lipinski definition) is 4. The van der Waals surface area contributed by atoms with E-state index in [1.807, 2.05) is 49.4 Å². The van der Waals surface area contributed by atoms with Gasteiger partial charge in [0.25, 0.3) is 0 Å². The normalized spacial score (nSPS) is 23.4. The molecule has 1 fully saturated rings. The van der Waals surface area contributed by atoms with Gasteiger partial charge in [-0.05, 0) is 68.2 Å². The summed E-state index contributed by atoms with van der Waals surface area (Å²) in [5.74, 6) is -0.617. The molecule has 1 aliphatic heterocycles. The molecule has 2 aromatic rings. The zero-order chi connectivity index (χ0) is 23.7. The predicted octanol–water partition coefficient (Wildman–Crippen LogP) is 6.58. The van der Waals surface area contributed by atoms with Crippen molar-refractivity contribution >= 4 is 23.4 Å². The highest BCUT2D eigenvalue weighted by atomic mass is 35.5. The number of ketones is 1. The third-order valence-corrected chi connectivity index (χ3v) is 7.56. The van der Waals surface area contributed by atoms with Crippen molar-refractivity contribution in [2.75, 3.05) is 0 Å². The van der Waals surface area contributed by atoms with Crippen LogP contribution in [0.2, 0.25) is 5.02 Å². The molecule has 2 aromatic carbocycles. The van der Waals surface area contributed by atoms with Crippen LogP contribution in [0.5, 0.6) is 0 Å². The SMILES string of the molecule is CC1=C(C(=O)OC2CCCCC2)[C@@H](c2cccc(Cl)c2)C2=C(C[C@@H](c3ccccc3)CC2=O)N1. The van der Waals surface area contributed by atoms with Crippen molar-refractivity contribution in [1.82, 2.24) is 5.32 Å².